The molecule has 0 aromatic rings. The van der Waals surface area contributed by atoms with Crippen LogP contribution >= 0.6 is 0 Å². The van der Waals surface area contributed by atoms with Gasteiger partial charge in [0.25, 0.3) is 0 Å². The van der Waals surface area contributed by atoms with Gasteiger partial charge in [0.15, 0.2) is 0 Å². The van der Waals surface area contributed by atoms with Crippen molar-refractivity contribution in [3.63, 3.8) is 0 Å². The lowest BCUT2D eigenvalue weighted by atomic mass is 9.85. The van der Waals surface area contributed by atoms with Gasteiger partial charge in [0.2, 0.25) is 0 Å². The van der Waals surface area contributed by atoms with E-state index in [2.05, 4.69) is 0 Å². The summed E-state index contributed by atoms with van der Waals surface area (Å²) < 4.78 is 5.41. The Hall–Kier alpha value is -0.570. The zero-order chi connectivity index (χ0) is 12.2. The number of ether oxygens (including phenoxy) is 1. The maximum atomic E-state index is 12.1. The average molecular weight is 227 g/mol. The molecule has 1 saturated carbocycles. The number of hydrogen-bond acceptors (Lipinski definition) is 3. The van der Waals surface area contributed by atoms with E-state index in [9.17, 15) is 4.79 Å². The lowest BCUT2D eigenvalue weighted by Crippen LogP contribution is -2.51. The highest BCUT2D eigenvalue weighted by molar-refractivity contribution is 5.80. The van der Waals surface area contributed by atoms with E-state index >= 15 is 0 Å². The lowest BCUT2D eigenvalue weighted by molar-refractivity contribution is -0.162. The van der Waals surface area contributed by atoms with E-state index in [0.717, 1.165) is 25.7 Å². The first-order valence-corrected chi connectivity index (χ1v) is 6.36. The number of carbonyl (C=O) groups excluding carboxylic acids is 1. The van der Waals surface area contributed by atoms with Crippen molar-refractivity contribution < 1.29 is 9.53 Å². The smallest absolute Gasteiger partial charge is 0.326 e. The van der Waals surface area contributed by atoms with Crippen molar-refractivity contribution in [2.45, 2.75) is 76.9 Å². The minimum absolute atomic E-state index is 0.220. The lowest BCUT2D eigenvalue weighted by Gasteiger charge is -2.32. The van der Waals surface area contributed by atoms with Crippen molar-refractivity contribution in [3.05, 3.63) is 0 Å². The van der Waals surface area contributed by atoms with Crippen molar-refractivity contribution in [1.29, 1.82) is 0 Å². The summed E-state index contributed by atoms with van der Waals surface area (Å²) in [5.41, 5.74) is 5.02. The molecule has 16 heavy (non-hydrogen) atoms. The molecule has 1 aliphatic carbocycles. The summed E-state index contributed by atoms with van der Waals surface area (Å²) in [6, 6.07) is 0. The molecule has 0 saturated heterocycles. The Morgan fingerprint density at radius 1 is 1.06 bits per heavy atom. The van der Waals surface area contributed by atoms with E-state index in [-0.39, 0.29) is 5.97 Å². The standard InChI is InChI=1S/C13H25NO2/c1-12(2,3)16-11(15)13(14)9-7-5-4-6-8-10-13/h4-10,14H2,1-3H3. The second-order valence-electron chi connectivity index (χ2n) is 5.93. The highest BCUT2D eigenvalue weighted by Crippen LogP contribution is 2.26. The number of hydrogen-bond donors (Lipinski definition) is 1. The zero-order valence-electron chi connectivity index (χ0n) is 10.8. The predicted octanol–water partition coefficient (Wildman–Crippen LogP) is 2.77. The van der Waals surface area contributed by atoms with Crippen LogP contribution in [0.4, 0.5) is 0 Å². The van der Waals surface area contributed by atoms with Gasteiger partial charge in [-0.3, -0.25) is 4.79 Å². The van der Waals surface area contributed by atoms with Crippen molar-refractivity contribution in [3.8, 4) is 0 Å². The highest BCUT2D eigenvalue weighted by atomic mass is 16.6. The zero-order valence-corrected chi connectivity index (χ0v) is 10.8. The molecular formula is C13H25NO2. The van der Waals surface area contributed by atoms with E-state index in [1.165, 1.54) is 19.3 Å². The Kier molecular flexibility index (Phi) is 4.36. The predicted molar refractivity (Wildman–Crippen MR) is 65.1 cm³/mol. The van der Waals surface area contributed by atoms with Crippen LogP contribution in [0.1, 0.15) is 65.7 Å². The Balaban J connectivity index is 2.62. The average Bonchev–Trinajstić information content (AvgIpc) is 2.08. The largest absolute Gasteiger partial charge is 0.459 e. The fourth-order valence-corrected chi connectivity index (χ4v) is 2.12. The van der Waals surface area contributed by atoms with Crippen LogP contribution in [0, 0.1) is 0 Å². The topological polar surface area (TPSA) is 52.3 Å². The van der Waals surface area contributed by atoms with Crippen LogP contribution in [-0.2, 0) is 9.53 Å². The van der Waals surface area contributed by atoms with Gasteiger partial charge in [0.05, 0.1) is 0 Å². The third-order valence-corrected chi connectivity index (χ3v) is 3.05. The molecule has 0 bridgehead atoms. The van der Waals surface area contributed by atoms with Gasteiger partial charge in [-0.05, 0) is 33.6 Å². The minimum atomic E-state index is -0.742. The van der Waals surface area contributed by atoms with Crippen LogP contribution in [0.25, 0.3) is 0 Å². The number of nitrogens with two attached hydrogens (primary N) is 1. The van der Waals surface area contributed by atoms with Crippen molar-refractivity contribution in [1.82, 2.24) is 0 Å². The van der Waals surface area contributed by atoms with Crippen LogP contribution in [0.15, 0.2) is 0 Å². The fraction of sp³-hybridized carbons (Fsp3) is 0.923. The van der Waals surface area contributed by atoms with Gasteiger partial charge in [-0.2, -0.15) is 0 Å². The third-order valence-electron chi connectivity index (χ3n) is 3.05. The molecule has 0 heterocycles. The normalized spacial score (nSPS) is 22.0. The molecule has 0 aromatic carbocycles. The molecule has 3 heteroatoms. The molecule has 1 aliphatic rings. The minimum Gasteiger partial charge on any atom is -0.459 e. The van der Waals surface area contributed by atoms with Gasteiger partial charge in [-0.15, -0.1) is 0 Å². The maximum absolute atomic E-state index is 12.1. The fourth-order valence-electron chi connectivity index (χ4n) is 2.12. The van der Waals surface area contributed by atoms with Gasteiger partial charge in [0, 0.05) is 0 Å². The summed E-state index contributed by atoms with van der Waals surface area (Å²) in [5, 5.41) is 0. The summed E-state index contributed by atoms with van der Waals surface area (Å²) in [6.45, 7) is 5.66. The molecule has 0 unspecified atom stereocenters. The molecule has 0 atom stereocenters. The first-order valence-electron chi connectivity index (χ1n) is 6.36. The van der Waals surface area contributed by atoms with Crippen LogP contribution in [0.5, 0.6) is 0 Å². The Morgan fingerprint density at radius 3 is 1.94 bits per heavy atom. The van der Waals surface area contributed by atoms with Crippen LogP contribution < -0.4 is 5.73 Å². The first-order chi connectivity index (χ1) is 7.33. The Bertz CT molecular complexity index is 235. The SMILES string of the molecule is CC(C)(C)OC(=O)C1(N)CCCCCCC1. The maximum Gasteiger partial charge on any atom is 0.326 e. The quantitative estimate of drug-likeness (QED) is 0.701. The number of carbonyl (C=O) groups is 1. The number of esters is 1. The molecule has 1 rings (SSSR count). The van der Waals surface area contributed by atoms with Gasteiger partial charge in [-0.1, -0.05) is 32.1 Å². The van der Waals surface area contributed by atoms with Crippen LogP contribution in [0.2, 0.25) is 0 Å². The summed E-state index contributed by atoms with van der Waals surface area (Å²) in [5.74, 6) is -0.220. The van der Waals surface area contributed by atoms with E-state index in [4.69, 9.17) is 10.5 Å². The molecule has 2 N–H and O–H groups in total. The third kappa shape index (κ3) is 4.12. The van der Waals surface area contributed by atoms with Gasteiger partial charge < -0.3 is 10.5 Å². The molecule has 0 amide bonds. The van der Waals surface area contributed by atoms with Gasteiger partial charge in [0.1, 0.15) is 11.1 Å². The van der Waals surface area contributed by atoms with E-state index in [1.54, 1.807) is 0 Å². The molecule has 0 aliphatic heterocycles. The monoisotopic (exact) mass is 227 g/mol. The second kappa shape index (κ2) is 5.17. The molecular weight excluding hydrogens is 202 g/mol. The summed E-state index contributed by atoms with van der Waals surface area (Å²) in [7, 11) is 0. The molecule has 0 spiro atoms. The van der Waals surface area contributed by atoms with Crippen molar-refractivity contribution >= 4 is 5.97 Å². The van der Waals surface area contributed by atoms with Gasteiger partial charge in [-0.25, -0.2) is 0 Å². The van der Waals surface area contributed by atoms with Crippen LogP contribution in [0.3, 0.4) is 0 Å². The molecule has 0 radical (unpaired) electrons. The number of rotatable bonds is 1. The summed E-state index contributed by atoms with van der Waals surface area (Å²) in [6.07, 6.45) is 7.24. The summed E-state index contributed by atoms with van der Waals surface area (Å²) >= 11 is 0. The van der Waals surface area contributed by atoms with Crippen molar-refractivity contribution in [2.75, 3.05) is 0 Å². The van der Waals surface area contributed by atoms with E-state index < -0.39 is 11.1 Å². The summed E-state index contributed by atoms with van der Waals surface area (Å²) in [4.78, 5) is 12.1. The molecule has 3 nitrogen and oxygen atoms in total. The van der Waals surface area contributed by atoms with Crippen molar-refractivity contribution in [2.24, 2.45) is 5.73 Å². The Labute approximate surface area is 98.7 Å². The van der Waals surface area contributed by atoms with E-state index in [0.29, 0.717) is 0 Å². The first kappa shape index (κ1) is 13.5. The molecule has 1 fully saturated rings. The van der Waals surface area contributed by atoms with E-state index in [1.807, 2.05) is 20.8 Å². The molecule has 94 valence electrons. The highest BCUT2D eigenvalue weighted by Gasteiger charge is 2.37. The Morgan fingerprint density at radius 2 is 1.50 bits per heavy atom. The van der Waals surface area contributed by atoms with Crippen LogP contribution in [-0.4, -0.2) is 17.1 Å². The van der Waals surface area contributed by atoms with Gasteiger partial charge >= 0.3 is 5.97 Å². The second-order valence-corrected chi connectivity index (χ2v) is 5.93. The molecule has 0 aromatic heterocycles.